The monoisotopic (exact) mass is 296 g/mol. The predicted octanol–water partition coefficient (Wildman–Crippen LogP) is 4.30. The van der Waals surface area contributed by atoms with E-state index in [2.05, 4.69) is 5.32 Å². The molecule has 2 nitrogen and oxygen atoms in total. The van der Waals surface area contributed by atoms with Crippen molar-refractivity contribution in [1.82, 2.24) is 0 Å². The van der Waals surface area contributed by atoms with Crippen LogP contribution in [0.3, 0.4) is 0 Å². The van der Waals surface area contributed by atoms with Gasteiger partial charge in [-0.25, -0.2) is 8.78 Å². The first-order valence-electron chi connectivity index (χ1n) is 6.12. The third-order valence-corrected chi connectivity index (χ3v) is 3.22. The third-order valence-electron chi connectivity index (χ3n) is 2.92. The highest BCUT2D eigenvalue weighted by Crippen LogP contribution is 2.27. The molecule has 106 valence electrons. The molecule has 5 heteroatoms. The molecule has 0 radical (unpaired) electrons. The number of nitrogens with zero attached hydrogens (tertiary/aromatic N) is 1. The average molecular weight is 297 g/mol. The van der Waals surface area contributed by atoms with Gasteiger partial charge in [-0.3, -0.25) is 0 Å². The molecule has 20 heavy (non-hydrogen) atoms. The van der Waals surface area contributed by atoms with E-state index in [1.54, 1.807) is 6.07 Å². The topological polar surface area (TPSA) is 15.3 Å². The van der Waals surface area contributed by atoms with Crippen LogP contribution in [0.15, 0.2) is 36.4 Å². The number of benzene rings is 2. The van der Waals surface area contributed by atoms with Gasteiger partial charge in [-0.1, -0.05) is 11.6 Å². The maximum absolute atomic E-state index is 13.5. The van der Waals surface area contributed by atoms with E-state index in [1.807, 2.05) is 31.1 Å². The standard InChI is InChI=1S/C15H15ClF2N2/c1-20(2)15-6-4-12(8-13(15)16)19-9-10-7-11(17)3-5-14(10)18/h3-8,19H,9H2,1-2H3. The maximum atomic E-state index is 13.5. The van der Waals surface area contributed by atoms with Crippen molar-refractivity contribution in [3.8, 4) is 0 Å². The largest absolute Gasteiger partial charge is 0.381 e. The van der Waals surface area contributed by atoms with Crippen molar-refractivity contribution in [3.63, 3.8) is 0 Å². The average Bonchev–Trinajstić information content (AvgIpc) is 2.39. The van der Waals surface area contributed by atoms with Crippen molar-refractivity contribution < 1.29 is 8.78 Å². The van der Waals surface area contributed by atoms with E-state index in [0.717, 1.165) is 23.5 Å². The summed E-state index contributed by atoms with van der Waals surface area (Å²) in [6.07, 6.45) is 0. The van der Waals surface area contributed by atoms with Crippen LogP contribution in [-0.4, -0.2) is 14.1 Å². The lowest BCUT2D eigenvalue weighted by Gasteiger charge is -2.16. The van der Waals surface area contributed by atoms with Crippen LogP contribution < -0.4 is 10.2 Å². The number of anilines is 2. The van der Waals surface area contributed by atoms with Crippen LogP contribution >= 0.6 is 11.6 Å². The molecule has 0 aromatic heterocycles. The molecular weight excluding hydrogens is 282 g/mol. The molecule has 2 rings (SSSR count). The fourth-order valence-electron chi connectivity index (χ4n) is 1.86. The summed E-state index contributed by atoms with van der Waals surface area (Å²) in [6, 6.07) is 8.87. The van der Waals surface area contributed by atoms with Gasteiger partial charge in [-0.05, 0) is 36.4 Å². The van der Waals surface area contributed by atoms with Crippen molar-refractivity contribution in [2.45, 2.75) is 6.54 Å². The minimum Gasteiger partial charge on any atom is -0.381 e. The second kappa shape index (κ2) is 6.09. The molecule has 0 unspecified atom stereocenters. The Morgan fingerprint density at radius 1 is 1.10 bits per heavy atom. The van der Waals surface area contributed by atoms with Crippen molar-refractivity contribution in [2.75, 3.05) is 24.3 Å². The van der Waals surface area contributed by atoms with E-state index >= 15 is 0 Å². The normalized spacial score (nSPS) is 10.4. The Hall–Kier alpha value is -1.81. The van der Waals surface area contributed by atoms with Crippen LogP contribution in [0, 0.1) is 11.6 Å². The molecule has 0 aliphatic rings. The smallest absolute Gasteiger partial charge is 0.128 e. The SMILES string of the molecule is CN(C)c1ccc(NCc2cc(F)ccc2F)cc1Cl. The summed E-state index contributed by atoms with van der Waals surface area (Å²) < 4.78 is 26.5. The Kier molecular flexibility index (Phi) is 4.45. The molecule has 0 aliphatic carbocycles. The fraction of sp³-hybridized carbons (Fsp3) is 0.200. The number of nitrogens with one attached hydrogen (secondary N) is 1. The molecule has 2 aromatic rings. The van der Waals surface area contributed by atoms with Crippen molar-refractivity contribution in [2.24, 2.45) is 0 Å². The van der Waals surface area contributed by atoms with Crippen LogP contribution in [0.4, 0.5) is 20.2 Å². The Labute approximate surface area is 122 Å². The molecule has 0 fully saturated rings. The fourth-order valence-corrected chi connectivity index (χ4v) is 2.21. The Bertz CT molecular complexity index is 615. The zero-order chi connectivity index (χ0) is 14.7. The summed E-state index contributed by atoms with van der Waals surface area (Å²) >= 11 is 6.15. The molecule has 0 aliphatic heterocycles. The van der Waals surface area contributed by atoms with Crippen molar-refractivity contribution in [1.29, 1.82) is 0 Å². The molecule has 0 atom stereocenters. The lowest BCUT2D eigenvalue weighted by atomic mass is 10.2. The number of hydrogen-bond donors (Lipinski definition) is 1. The molecule has 0 spiro atoms. The van der Waals surface area contributed by atoms with Gasteiger partial charge in [-0.15, -0.1) is 0 Å². The maximum Gasteiger partial charge on any atom is 0.128 e. The highest BCUT2D eigenvalue weighted by atomic mass is 35.5. The van der Waals surface area contributed by atoms with Crippen LogP contribution in [0.5, 0.6) is 0 Å². The molecule has 0 saturated heterocycles. The van der Waals surface area contributed by atoms with Gasteiger partial charge in [-0.2, -0.15) is 0 Å². The van der Waals surface area contributed by atoms with Crippen LogP contribution in [0.25, 0.3) is 0 Å². The van der Waals surface area contributed by atoms with Gasteiger partial charge in [0.2, 0.25) is 0 Å². The zero-order valence-electron chi connectivity index (χ0n) is 11.3. The van der Waals surface area contributed by atoms with Gasteiger partial charge in [0.25, 0.3) is 0 Å². The van der Waals surface area contributed by atoms with Gasteiger partial charge in [0, 0.05) is 31.9 Å². The lowest BCUT2D eigenvalue weighted by molar-refractivity contribution is 0.587. The molecule has 1 N–H and O–H groups in total. The molecule has 0 heterocycles. The summed E-state index contributed by atoms with van der Waals surface area (Å²) in [6.45, 7) is 0.196. The van der Waals surface area contributed by atoms with E-state index in [4.69, 9.17) is 11.6 Å². The van der Waals surface area contributed by atoms with Crippen LogP contribution in [-0.2, 0) is 6.54 Å². The van der Waals surface area contributed by atoms with Gasteiger partial charge in [0.1, 0.15) is 11.6 Å². The number of hydrogen-bond acceptors (Lipinski definition) is 2. The Balaban J connectivity index is 2.11. The summed E-state index contributed by atoms with van der Waals surface area (Å²) in [5, 5.41) is 3.62. The first kappa shape index (κ1) is 14.6. The minimum atomic E-state index is -0.454. The highest BCUT2D eigenvalue weighted by Gasteiger charge is 2.06. The second-order valence-electron chi connectivity index (χ2n) is 4.65. The van der Waals surface area contributed by atoms with Gasteiger partial charge < -0.3 is 10.2 Å². The van der Waals surface area contributed by atoms with Crippen LogP contribution in [0.2, 0.25) is 5.02 Å². The molecule has 2 aromatic carbocycles. The van der Waals surface area contributed by atoms with Crippen LogP contribution in [0.1, 0.15) is 5.56 Å². The molecule has 0 bridgehead atoms. The van der Waals surface area contributed by atoms with E-state index < -0.39 is 11.6 Å². The first-order valence-corrected chi connectivity index (χ1v) is 6.50. The number of halogens is 3. The molecule has 0 saturated carbocycles. The van der Waals surface area contributed by atoms with Gasteiger partial charge in [0.05, 0.1) is 10.7 Å². The molecular formula is C15H15ClF2N2. The van der Waals surface area contributed by atoms with Crippen molar-refractivity contribution in [3.05, 3.63) is 58.6 Å². The van der Waals surface area contributed by atoms with E-state index in [-0.39, 0.29) is 12.1 Å². The van der Waals surface area contributed by atoms with Gasteiger partial charge >= 0.3 is 0 Å². The minimum absolute atomic E-state index is 0.196. The molecule has 0 amide bonds. The predicted molar refractivity (Wildman–Crippen MR) is 79.5 cm³/mol. The van der Waals surface area contributed by atoms with E-state index in [9.17, 15) is 8.78 Å². The van der Waals surface area contributed by atoms with Crippen molar-refractivity contribution >= 4 is 23.0 Å². The first-order chi connectivity index (χ1) is 9.47. The second-order valence-corrected chi connectivity index (χ2v) is 5.06. The quantitative estimate of drug-likeness (QED) is 0.905. The zero-order valence-corrected chi connectivity index (χ0v) is 12.0. The Morgan fingerprint density at radius 3 is 2.50 bits per heavy atom. The summed E-state index contributed by atoms with van der Waals surface area (Å²) in [5.41, 5.74) is 1.93. The van der Waals surface area contributed by atoms with E-state index in [1.165, 1.54) is 6.07 Å². The number of rotatable bonds is 4. The summed E-state index contributed by atoms with van der Waals surface area (Å²) in [7, 11) is 3.80. The lowest BCUT2D eigenvalue weighted by Crippen LogP contribution is -2.09. The Morgan fingerprint density at radius 2 is 1.85 bits per heavy atom. The van der Waals surface area contributed by atoms with Gasteiger partial charge in [0.15, 0.2) is 0 Å². The van der Waals surface area contributed by atoms with E-state index in [0.29, 0.717) is 5.02 Å². The highest BCUT2D eigenvalue weighted by molar-refractivity contribution is 6.33. The summed E-state index contributed by atoms with van der Waals surface area (Å²) in [5.74, 6) is -0.890. The third kappa shape index (κ3) is 3.39. The summed E-state index contributed by atoms with van der Waals surface area (Å²) in [4.78, 5) is 1.90.